The molecule has 0 radical (unpaired) electrons. The highest BCUT2D eigenvalue weighted by Crippen LogP contribution is 2.42. The lowest BCUT2D eigenvalue weighted by Gasteiger charge is -2.22. The van der Waals surface area contributed by atoms with Gasteiger partial charge in [0.2, 0.25) is 0 Å². The SMILES string of the molecule is C[C@@]1(C2CC2)NC(=O)N(C[C@H](O)c2ccc(C(F)(F)F)cc2)C1=O. The first-order valence-electron chi connectivity index (χ1n) is 7.62. The number of nitrogens with one attached hydrogen (secondary N) is 1. The van der Waals surface area contributed by atoms with E-state index in [9.17, 15) is 27.9 Å². The Morgan fingerprint density at radius 3 is 2.38 bits per heavy atom. The number of benzene rings is 1. The zero-order chi connectivity index (χ0) is 17.7. The Bertz CT molecular complexity index is 670. The van der Waals surface area contributed by atoms with Gasteiger partial charge in [-0.15, -0.1) is 0 Å². The maximum absolute atomic E-state index is 12.5. The van der Waals surface area contributed by atoms with Crippen LogP contribution in [0.15, 0.2) is 24.3 Å². The predicted octanol–water partition coefficient (Wildman–Crippen LogP) is 2.46. The molecule has 0 aromatic heterocycles. The van der Waals surface area contributed by atoms with Crippen LogP contribution in [0.4, 0.5) is 18.0 Å². The number of carbonyl (C=O) groups excluding carboxylic acids is 2. The molecule has 5 nitrogen and oxygen atoms in total. The second-order valence-electron chi connectivity index (χ2n) is 6.46. The normalized spacial score (nSPS) is 25.8. The molecule has 2 aliphatic rings. The van der Waals surface area contributed by atoms with Crippen LogP contribution in [0, 0.1) is 5.92 Å². The molecule has 2 atom stereocenters. The molecule has 130 valence electrons. The van der Waals surface area contributed by atoms with Crippen molar-refractivity contribution in [2.45, 2.75) is 37.6 Å². The Morgan fingerprint density at radius 1 is 1.29 bits per heavy atom. The molecule has 3 amide bonds. The first kappa shape index (κ1) is 16.8. The van der Waals surface area contributed by atoms with Crippen molar-refractivity contribution in [2.24, 2.45) is 5.92 Å². The fraction of sp³-hybridized carbons (Fsp3) is 0.500. The summed E-state index contributed by atoms with van der Waals surface area (Å²) >= 11 is 0. The third-order valence-electron chi connectivity index (χ3n) is 4.67. The van der Waals surface area contributed by atoms with E-state index in [1.54, 1.807) is 6.92 Å². The average molecular weight is 342 g/mol. The highest BCUT2D eigenvalue weighted by molar-refractivity contribution is 6.07. The molecule has 1 aliphatic carbocycles. The molecule has 1 heterocycles. The minimum atomic E-state index is -4.46. The molecular formula is C16H17F3N2O3. The Morgan fingerprint density at radius 2 is 1.88 bits per heavy atom. The van der Waals surface area contributed by atoms with Crippen LogP contribution in [0.5, 0.6) is 0 Å². The van der Waals surface area contributed by atoms with Gasteiger partial charge in [-0.3, -0.25) is 9.69 Å². The number of amides is 3. The Hall–Kier alpha value is -2.09. The van der Waals surface area contributed by atoms with Crippen molar-refractivity contribution in [1.29, 1.82) is 0 Å². The van der Waals surface area contributed by atoms with Crippen LogP contribution in [0.2, 0.25) is 0 Å². The van der Waals surface area contributed by atoms with Crippen molar-refractivity contribution in [3.8, 4) is 0 Å². The van der Waals surface area contributed by atoms with Gasteiger partial charge < -0.3 is 10.4 Å². The van der Waals surface area contributed by atoms with Crippen molar-refractivity contribution in [3.05, 3.63) is 35.4 Å². The van der Waals surface area contributed by atoms with Gasteiger partial charge in [-0.1, -0.05) is 12.1 Å². The molecule has 0 unspecified atom stereocenters. The van der Waals surface area contributed by atoms with E-state index in [0.29, 0.717) is 0 Å². The number of hydrogen-bond acceptors (Lipinski definition) is 3. The molecule has 8 heteroatoms. The largest absolute Gasteiger partial charge is 0.416 e. The zero-order valence-electron chi connectivity index (χ0n) is 12.9. The van der Waals surface area contributed by atoms with Crippen molar-refractivity contribution < 1.29 is 27.9 Å². The maximum atomic E-state index is 12.5. The number of β-amino-alcohol motifs (C(OH)–C–C–N with tert-alkyl or cyclic N) is 1. The lowest BCUT2D eigenvalue weighted by molar-refractivity contribution is -0.137. The van der Waals surface area contributed by atoms with Crippen LogP contribution in [0.3, 0.4) is 0 Å². The van der Waals surface area contributed by atoms with Crippen LogP contribution in [0.1, 0.15) is 37.0 Å². The number of halogens is 3. The molecule has 1 aliphatic heterocycles. The zero-order valence-corrected chi connectivity index (χ0v) is 12.9. The molecule has 2 N–H and O–H groups in total. The van der Waals surface area contributed by atoms with Crippen molar-refractivity contribution in [3.63, 3.8) is 0 Å². The monoisotopic (exact) mass is 342 g/mol. The van der Waals surface area contributed by atoms with Gasteiger partial charge in [0.1, 0.15) is 5.54 Å². The number of alkyl halides is 3. The van der Waals surface area contributed by atoms with E-state index in [0.717, 1.165) is 42.0 Å². The van der Waals surface area contributed by atoms with Crippen molar-refractivity contribution >= 4 is 11.9 Å². The summed E-state index contributed by atoms with van der Waals surface area (Å²) in [7, 11) is 0. The summed E-state index contributed by atoms with van der Waals surface area (Å²) in [5, 5.41) is 12.8. The topological polar surface area (TPSA) is 69.6 Å². The van der Waals surface area contributed by atoms with E-state index in [1.165, 1.54) is 0 Å². The molecule has 1 aromatic rings. The quantitative estimate of drug-likeness (QED) is 0.826. The van der Waals surface area contributed by atoms with Crippen LogP contribution in [-0.4, -0.2) is 34.0 Å². The summed E-state index contributed by atoms with van der Waals surface area (Å²) in [4.78, 5) is 25.4. The summed E-state index contributed by atoms with van der Waals surface area (Å²) in [6.45, 7) is 1.37. The smallest absolute Gasteiger partial charge is 0.387 e. The Labute approximate surface area is 136 Å². The van der Waals surface area contributed by atoms with Gasteiger partial charge >= 0.3 is 12.2 Å². The molecule has 1 saturated heterocycles. The number of carbonyl (C=O) groups is 2. The predicted molar refractivity (Wildman–Crippen MR) is 77.8 cm³/mol. The van der Waals surface area contributed by atoms with Crippen LogP contribution < -0.4 is 5.32 Å². The molecule has 3 rings (SSSR count). The van der Waals surface area contributed by atoms with Gasteiger partial charge in [0, 0.05) is 0 Å². The number of aliphatic hydroxyl groups is 1. The van der Waals surface area contributed by atoms with Crippen molar-refractivity contribution in [2.75, 3.05) is 6.54 Å². The molecule has 24 heavy (non-hydrogen) atoms. The van der Waals surface area contributed by atoms with E-state index < -0.39 is 35.3 Å². The van der Waals surface area contributed by atoms with E-state index in [-0.39, 0.29) is 18.0 Å². The first-order chi connectivity index (χ1) is 11.1. The lowest BCUT2D eigenvalue weighted by Crippen LogP contribution is -2.46. The fourth-order valence-electron chi connectivity index (χ4n) is 2.99. The fourth-order valence-corrected chi connectivity index (χ4v) is 2.99. The minimum absolute atomic E-state index is 0.0992. The molecule has 0 spiro atoms. The highest BCUT2D eigenvalue weighted by Gasteiger charge is 2.56. The molecule has 2 fully saturated rings. The molecule has 1 saturated carbocycles. The van der Waals surface area contributed by atoms with E-state index in [1.807, 2.05) is 0 Å². The Kier molecular flexibility index (Phi) is 3.82. The lowest BCUT2D eigenvalue weighted by atomic mass is 9.96. The van der Waals surface area contributed by atoms with Gasteiger partial charge in [0.05, 0.1) is 18.2 Å². The van der Waals surface area contributed by atoms with Crippen LogP contribution >= 0.6 is 0 Å². The van der Waals surface area contributed by atoms with Crippen molar-refractivity contribution in [1.82, 2.24) is 10.2 Å². The standard InChI is InChI=1S/C16H17F3N2O3/c1-15(10-6-7-10)13(23)21(14(24)20-15)8-12(22)9-2-4-11(5-3-9)16(17,18)19/h2-5,10,12,22H,6-8H2,1H3,(H,20,24)/t12-,15-/m0/s1. The number of hydrogen-bond donors (Lipinski definition) is 2. The van der Waals surface area contributed by atoms with Gasteiger partial charge in [0.15, 0.2) is 0 Å². The third kappa shape index (κ3) is 2.86. The second-order valence-corrected chi connectivity index (χ2v) is 6.46. The summed E-state index contributed by atoms with van der Waals surface area (Å²) in [6.07, 6.45) is -3.99. The molecule has 1 aromatic carbocycles. The van der Waals surface area contributed by atoms with E-state index in [4.69, 9.17) is 0 Å². The number of imide groups is 1. The van der Waals surface area contributed by atoms with E-state index >= 15 is 0 Å². The summed E-state index contributed by atoms with van der Waals surface area (Å²) in [6, 6.07) is 3.43. The number of aliphatic hydroxyl groups excluding tert-OH is 1. The minimum Gasteiger partial charge on any atom is -0.387 e. The third-order valence-corrected chi connectivity index (χ3v) is 4.67. The Balaban J connectivity index is 1.71. The van der Waals surface area contributed by atoms with Gasteiger partial charge in [-0.05, 0) is 43.4 Å². The highest BCUT2D eigenvalue weighted by atomic mass is 19.4. The van der Waals surface area contributed by atoms with E-state index in [2.05, 4.69) is 5.32 Å². The first-order valence-corrected chi connectivity index (χ1v) is 7.62. The summed E-state index contributed by atoms with van der Waals surface area (Å²) in [5.74, 6) is -0.303. The number of urea groups is 1. The maximum Gasteiger partial charge on any atom is 0.416 e. The van der Waals surface area contributed by atoms with Gasteiger partial charge in [-0.2, -0.15) is 13.2 Å². The summed E-state index contributed by atoms with van der Waals surface area (Å²) < 4.78 is 37.6. The number of rotatable bonds is 4. The number of nitrogens with zero attached hydrogens (tertiary/aromatic N) is 1. The van der Waals surface area contributed by atoms with Crippen LogP contribution in [-0.2, 0) is 11.0 Å². The van der Waals surface area contributed by atoms with Gasteiger partial charge in [0.25, 0.3) is 5.91 Å². The second kappa shape index (κ2) is 5.47. The molecular weight excluding hydrogens is 325 g/mol. The average Bonchev–Trinajstić information content (AvgIpc) is 3.33. The molecule has 0 bridgehead atoms. The van der Waals surface area contributed by atoms with Gasteiger partial charge in [-0.25, -0.2) is 4.79 Å². The van der Waals surface area contributed by atoms with Crippen LogP contribution in [0.25, 0.3) is 0 Å². The summed E-state index contributed by atoms with van der Waals surface area (Å²) in [5.41, 5.74) is -1.56.